The summed E-state index contributed by atoms with van der Waals surface area (Å²) in [6, 6.07) is 3.39. The molecule has 0 fully saturated rings. The largest absolute Gasteiger partial charge is 0.383 e. The Hall–Kier alpha value is -0.980. The van der Waals surface area contributed by atoms with Gasteiger partial charge in [-0.1, -0.05) is 0 Å². The van der Waals surface area contributed by atoms with Gasteiger partial charge in [-0.25, -0.2) is 4.98 Å². The van der Waals surface area contributed by atoms with Gasteiger partial charge in [0.05, 0.1) is 6.61 Å². The number of rotatable bonds is 7. The van der Waals surface area contributed by atoms with Crippen molar-refractivity contribution in [2.24, 2.45) is 0 Å². The lowest BCUT2D eigenvalue weighted by Gasteiger charge is -2.16. The lowest BCUT2D eigenvalue weighted by molar-refractivity contribution is 0.0947. The Morgan fingerprint density at radius 3 is 3.00 bits per heavy atom. The molecule has 0 aromatic carbocycles. The molecular weight excluding hydrogens is 298 g/mol. The monoisotopic (exact) mass is 315 g/mol. The minimum absolute atomic E-state index is 0.0850. The van der Waals surface area contributed by atoms with Crippen LogP contribution in [0.4, 0.5) is 0 Å². The zero-order valence-corrected chi connectivity index (χ0v) is 12.2. The molecule has 0 aliphatic heterocycles. The fraction of sp³-hybridized carbons (Fsp3) is 0.500. The summed E-state index contributed by atoms with van der Waals surface area (Å²) >= 11 is 3.24. The zero-order chi connectivity index (χ0) is 13.4. The highest BCUT2D eigenvalue weighted by atomic mass is 79.9. The lowest BCUT2D eigenvalue weighted by Crippen LogP contribution is -2.34. The Bertz CT molecular complexity index is 387. The molecule has 1 aromatic heterocycles. The van der Waals surface area contributed by atoms with Gasteiger partial charge in [0.1, 0.15) is 4.60 Å². The number of hydrogen-bond donors (Lipinski definition) is 1. The van der Waals surface area contributed by atoms with Gasteiger partial charge < -0.3 is 15.0 Å². The maximum atomic E-state index is 11.8. The average molecular weight is 316 g/mol. The normalized spacial score (nSPS) is 10.7. The van der Waals surface area contributed by atoms with E-state index < -0.39 is 0 Å². The van der Waals surface area contributed by atoms with Gasteiger partial charge in [0.25, 0.3) is 5.91 Å². The van der Waals surface area contributed by atoms with Crippen molar-refractivity contribution < 1.29 is 9.53 Å². The van der Waals surface area contributed by atoms with Crippen molar-refractivity contribution in [3.63, 3.8) is 0 Å². The third-order valence-electron chi connectivity index (χ3n) is 2.44. The second kappa shape index (κ2) is 8.18. The quantitative estimate of drug-likeness (QED) is 0.767. The first-order chi connectivity index (χ1) is 8.63. The molecule has 0 bridgehead atoms. The van der Waals surface area contributed by atoms with E-state index in [1.807, 2.05) is 7.05 Å². The van der Waals surface area contributed by atoms with E-state index in [9.17, 15) is 4.79 Å². The Labute approximate surface area is 116 Å². The number of likely N-dealkylation sites (N-methyl/N-ethyl adjacent to an activating group) is 1. The van der Waals surface area contributed by atoms with Crippen molar-refractivity contribution in [3.05, 3.63) is 28.5 Å². The number of carbonyl (C=O) groups is 1. The Kier molecular flexibility index (Phi) is 6.85. The van der Waals surface area contributed by atoms with Crippen LogP contribution in [0.2, 0.25) is 0 Å². The van der Waals surface area contributed by atoms with Crippen LogP contribution >= 0.6 is 15.9 Å². The summed E-state index contributed by atoms with van der Waals surface area (Å²) in [5, 5.41) is 2.86. The molecule has 0 radical (unpaired) electrons. The number of methoxy groups -OCH3 is 1. The van der Waals surface area contributed by atoms with Crippen LogP contribution in [0.25, 0.3) is 0 Å². The van der Waals surface area contributed by atoms with Gasteiger partial charge in [-0.2, -0.15) is 0 Å². The third kappa shape index (κ3) is 5.57. The highest BCUT2D eigenvalue weighted by molar-refractivity contribution is 9.10. The fourth-order valence-corrected chi connectivity index (χ4v) is 1.73. The number of nitrogens with one attached hydrogen (secondary N) is 1. The topological polar surface area (TPSA) is 54.5 Å². The zero-order valence-electron chi connectivity index (χ0n) is 10.6. The second-order valence-electron chi connectivity index (χ2n) is 3.92. The summed E-state index contributed by atoms with van der Waals surface area (Å²) in [5.41, 5.74) is 0.608. The van der Waals surface area contributed by atoms with Gasteiger partial charge in [0.15, 0.2) is 0 Å². The molecular formula is C12H18BrN3O2. The summed E-state index contributed by atoms with van der Waals surface area (Å²) in [7, 11) is 3.67. The number of carbonyl (C=O) groups excluding carboxylic acids is 1. The maximum Gasteiger partial charge on any atom is 0.251 e. The molecule has 1 N–H and O–H groups in total. The summed E-state index contributed by atoms with van der Waals surface area (Å²) in [5.74, 6) is -0.0850. The van der Waals surface area contributed by atoms with Crippen molar-refractivity contribution in [2.75, 3.05) is 40.4 Å². The predicted octanol–water partition coefficient (Wildman–Crippen LogP) is 1.15. The molecule has 1 heterocycles. The van der Waals surface area contributed by atoms with Crippen LogP contribution in [0.15, 0.2) is 22.9 Å². The molecule has 1 rings (SSSR count). The highest BCUT2D eigenvalue weighted by Gasteiger charge is 2.06. The van der Waals surface area contributed by atoms with E-state index in [-0.39, 0.29) is 5.91 Å². The number of pyridine rings is 1. The fourth-order valence-electron chi connectivity index (χ4n) is 1.36. The standard InChI is InChI=1S/C12H18BrN3O2/c1-16(7-8-18-2)6-5-15-12(17)10-3-4-14-11(13)9-10/h3-4,9H,5-8H2,1-2H3,(H,15,17). The minimum Gasteiger partial charge on any atom is -0.383 e. The molecule has 1 aromatic rings. The number of hydrogen-bond acceptors (Lipinski definition) is 4. The Balaban J connectivity index is 2.29. The summed E-state index contributed by atoms with van der Waals surface area (Å²) in [4.78, 5) is 17.9. The van der Waals surface area contributed by atoms with Crippen LogP contribution in [0, 0.1) is 0 Å². The van der Waals surface area contributed by atoms with Crippen LogP contribution in [0.5, 0.6) is 0 Å². The van der Waals surface area contributed by atoms with E-state index >= 15 is 0 Å². The third-order valence-corrected chi connectivity index (χ3v) is 2.88. The average Bonchev–Trinajstić information content (AvgIpc) is 2.36. The van der Waals surface area contributed by atoms with Gasteiger partial charge in [-0.3, -0.25) is 4.79 Å². The van der Waals surface area contributed by atoms with E-state index in [1.54, 1.807) is 25.4 Å². The smallest absolute Gasteiger partial charge is 0.251 e. The molecule has 6 heteroatoms. The van der Waals surface area contributed by atoms with Gasteiger partial charge in [0.2, 0.25) is 0 Å². The molecule has 100 valence electrons. The van der Waals surface area contributed by atoms with E-state index in [0.717, 1.165) is 13.1 Å². The lowest BCUT2D eigenvalue weighted by atomic mass is 10.2. The summed E-state index contributed by atoms with van der Waals surface area (Å²) < 4.78 is 5.64. The molecule has 1 amide bonds. The highest BCUT2D eigenvalue weighted by Crippen LogP contribution is 2.07. The van der Waals surface area contributed by atoms with E-state index in [0.29, 0.717) is 23.3 Å². The van der Waals surface area contributed by atoms with Crippen LogP contribution in [-0.4, -0.2) is 56.2 Å². The Morgan fingerprint density at radius 2 is 2.33 bits per heavy atom. The molecule has 5 nitrogen and oxygen atoms in total. The van der Waals surface area contributed by atoms with Crippen molar-refractivity contribution in [2.45, 2.75) is 0 Å². The SMILES string of the molecule is COCCN(C)CCNC(=O)c1ccnc(Br)c1. The van der Waals surface area contributed by atoms with Crippen molar-refractivity contribution in [3.8, 4) is 0 Å². The van der Waals surface area contributed by atoms with Gasteiger partial charge >= 0.3 is 0 Å². The number of aromatic nitrogens is 1. The molecule has 0 spiro atoms. The van der Waals surface area contributed by atoms with Crippen molar-refractivity contribution >= 4 is 21.8 Å². The number of ether oxygens (including phenoxy) is 1. The number of halogens is 1. The van der Waals surface area contributed by atoms with Crippen molar-refractivity contribution in [1.82, 2.24) is 15.2 Å². The molecule has 0 atom stereocenters. The predicted molar refractivity (Wildman–Crippen MR) is 73.6 cm³/mol. The van der Waals surface area contributed by atoms with Crippen LogP contribution in [0.3, 0.4) is 0 Å². The van der Waals surface area contributed by atoms with Crippen LogP contribution in [0.1, 0.15) is 10.4 Å². The molecule has 0 saturated carbocycles. The van der Waals surface area contributed by atoms with Gasteiger partial charge in [0, 0.05) is 38.5 Å². The summed E-state index contributed by atoms with van der Waals surface area (Å²) in [6.45, 7) is 2.95. The second-order valence-corrected chi connectivity index (χ2v) is 4.73. The number of nitrogens with zero attached hydrogens (tertiary/aromatic N) is 2. The van der Waals surface area contributed by atoms with Crippen LogP contribution < -0.4 is 5.32 Å². The van der Waals surface area contributed by atoms with Crippen molar-refractivity contribution in [1.29, 1.82) is 0 Å². The molecule has 0 unspecified atom stereocenters. The summed E-state index contributed by atoms with van der Waals surface area (Å²) in [6.07, 6.45) is 1.60. The first-order valence-electron chi connectivity index (χ1n) is 5.70. The number of amides is 1. The van der Waals surface area contributed by atoms with Gasteiger partial charge in [-0.15, -0.1) is 0 Å². The van der Waals surface area contributed by atoms with E-state index in [4.69, 9.17) is 4.74 Å². The van der Waals surface area contributed by atoms with E-state index in [2.05, 4.69) is 31.1 Å². The van der Waals surface area contributed by atoms with Crippen LogP contribution in [-0.2, 0) is 4.74 Å². The van der Waals surface area contributed by atoms with E-state index in [1.165, 1.54) is 0 Å². The Morgan fingerprint density at radius 1 is 1.56 bits per heavy atom. The minimum atomic E-state index is -0.0850. The first kappa shape index (κ1) is 15.1. The molecule has 18 heavy (non-hydrogen) atoms. The maximum absolute atomic E-state index is 11.8. The molecule has 0 aliphatic rings. The molecule has 0 aliphatic carbocycles. The first-order valence-corrected chi connectivity index (χ1v) is 6.50. The van der Waals surface area contributed by atoms with Gasteiger partial charge in [-0.05, 0) is 35.1 Å². The molecule has 0 saturated heterocycles.